The molecule has 1 aliphatic rings. The molecule has 1 aromatic heterocycles. The van der Waals surface area contributed by atoms with E-state index in [1.807, 2.05) is 6.07 Å². The summed E-state index contributed by atoms with van der Waals surface area (Å²) in [5.41, 5.74) is 2.95. The molecule has 1 saturated heterocycles. The van der Waals surface area contributed by atoms with Crippen molar-refractivity contribution in [1.29, 1.82) is 0 Å². The van der Waals surface area contributed by atoms with Crippen LogP contribution < -0.4 is 10.3 Å². The maximum atomic E-state index is 11.9. The van der Waals surface area contributed by atoms with Crippen molar-refractivity contribution in [2.24, 2.45) is 5.10 Å². The highest BCUT2D eigenvalue weighted by molar-refractivity contribution is 9.10. The first-order chi connectivity index (χ1) is 11.1. The zero-order valence-corrected chi connectivity index (χ0v) is 14.6. The number of benzene rings is 1. The van der Waals surface area contributed by atoms with Crippen molar-refractivity contribution in [1.82, 2.24) is 5.43 Å². The summed E-state index contributed by atoms with van der Waals surface area (Å²) in [5, 5.41) is 4.51. The fourth-order valence-electron chi connectivity index (χ4n) is 2.40. The molecule has 1 fully saturated rings. The minimum Gasteiger partial charge on any atom is -0.438 e. The predicted molar refractivity (Wildman–Crippen MR) is 94.4 cm³/mol. The first-order valence-corrected chi connectivity index (χ1v) is 8.44. The van der Waals surface area contributed by atoms with Crippen LogP contribution in [0.15, 0.2) is 44.3 Å². The van der Waals surface area contributed by atoms with Crippen molar-refractivity contribution in [3.63, 3.8) is 0 Å². The van der Waals surface area contributed by atoms with Gasteiger partial charge in [-0.2, -0.15) is 5.10 Å². The van der Waals surface area contributed by atoms with Gasteiger partial charge in [-0.05, 0) is 53.0 Å². The van der Waals surface area contributed by atoms with Crippen molar-refractivity contribution < 1.29 is 9.21 Å². The van der Waals surface area contributed by atoms with Gasteiger partial charge in [0.1, 0.15) is 0 Å². The number of halogens is 2. The van der Waals surface area contributed by atoms with Crippen molar-refractivity contribution in [3.8, 4) is 0 Å². The Bertz CT molecular complexity index is 721. The van der Waals surface area contributed by atoms with Gasteiger partial charge in [0.15, 0.2) is 5.76 Å². The molecule has 0 bridgehead atoms. The third-order valence-corrected chi connectivity index (χ3v) is 4.37. The fourth-order valence-corrected chi connectivity index (χ4v) is 3.08. The Morgan fingerprint density at radius 2 is 2.00 bits per heavy atom. The summed E-state index contributed by atoms with van der Waals surface area (Å²) in [5.74, 6) is 1.09. The van der Waals surface area contributed by atoms with Gasteiger partial charge in [-0.3, -0.25) is 4.79 Å². The Kier molecular flexibility index (Phi) is 5.03. The molecule has 7 heteroatoms. The van der Waals surface area contributed by atoms with Crippen molar-refractivity contribution in [3.05, 3.63) is 51.2 Å². The maximum Gasteiger partial charge on any atom is 0.271 e. The number of carbonyl (C=O) groups excluding carboxylic acids is 1. The minimum absolute atomic E-state index is 0.302. The lowest BCUT2D eigenvalue weighted by molar-refractivity contribution is 0.0955. The van der Waals surface area contributed by atoms with Crippen LogP contribution in [0.1, 0.15) is 29.0 Å². The standard InChI is InChI=1S/C16H15BrClN3O2/c17-14-9-13(23-16(14)21-7-1-2-8-21)10-19-20-15(22)11-3-5-12(18)6-4-11/h3-6,9-10H,1-2,7-8H2,(H,20,22)/b19-10-. The second kappa shape index (κ2) is 7.19. The molecular weight excluding hydrogens is 382 g/mol. The van der Waals surface area contributed by atoms with Crippen LogP contribution in [0.3, 0.4) is 0 Å². The summed E-state index contributed by atoms with van der Waals surface area (Å²) >= 11 is 9.28. The number of hydrogen-bond acceptors (Lipinski definition) is 4. The van der Waals surface area contributed by atoms with Gasteiger partial charge in [0.2, 0.25) is 5.88 Å². The predicted octanol–water partition coefficient (Wildman–Crippen LogP) is 4.06. The minimum atomic E-state index is -0.302. The summed E-state index contributed by atoms with van der Waals surface area (Å²) in [6, 6.07) is 8.44. The number of hydrogen-bond donors (Lipinski definition) is 1. The van der Waals surface area contributed by atoms with Crippen LogP contribution in [0.4, 0.5) is 5.88 Å². The largest absolute Gasteiger partial charge is 0.438 e. The first-order valence-electron chi connectivity index (χ1n) is 7.27. The molecule has 0 radical (unpaired) electrons. The van der Waals surface area contributed by atoms with E-state index in [1.54, 1.807) is 24.3 Å². The van der Waals surface area contributed by atoms with Gasteiger partial charge >= 0.3 is 0 Å². The van der Waals surface area contributed by atoms with Crippen molar-refractivity contribution >= 4 is 45.5 Å². The summed E-state index contributed by atoms with van der Waals surface area (Å²) in [6.45, 7) is 1.99. The Morgan fingerprint density at radius 1 is 1.30 bits per heavy atom. The molecule has 23 heavy (non-hydrogen) atoms. The Labute approximate surface area is 147 Å². The lowest BCUT2D eigenvalue weighted by atomic mass is 10.2. The SMILES string of the molecule is O=C(N/N=C\c1cc(Br)c(N2CCCC2)o1)c1ccc(Cl)cc1. The van der Waals surface area contributed by atoms with Gasteiger partial charge in [-0.25, -0.2) is 5.43 Å². The van der Waals surface area contributed by atoms with Crippen LogP contribution in [0.2, 0.25) is 5.02 Å². The number of amides is 1. The van der Waals surface area contributed by atoms with Crippen LogP contribution in [0.25, 0.3) is 0 Å². The average Bonchev–Trinajstić information content (AvgIpc) is 3.17. The molecule has 1 N–H and O–H groups in total. The molecule has 2 heterocycles. The van der Waals surface area contributed by atoms with E-state index in [9.17, 15) is 4.79 Å². The van der Waals surface area contributed by atoms with Gasteiger partial charge in [0.25, 0.3) is 5.91 Å². The highest BCUT2D eigenvalue weighted by atomic mass is 79.9. The van der Waals surface area contributed by atoms with Crippen molar-refractivity contribution in [2.45, 2.75) is 12.8 Å². The molecule has 5 nitrogen and oxygen atoms in total. The van der Waals surface area contributed by atoms with Gasteiger partial charge in [0.05, 0.1) is 10.7 Å². The summed E-state index contributed by atoms with van der Waals surface area (Å²) in [4.78, 5) is 14.1. The highest BCUT2D eigenvalue weighted by Crippen LogP contribution is 2.31. The number of anilines is 1. The third kappa shape index (κ3) is 3.95. The molecule has 2 aromatic rings. The second-order valence-electron chi connectivity index (χ2n) is 5.20. The number of rotatable bonds is 4. The van der Waals surface area contributed by atoms with E-state index < -0.39 is 0 Å². The zero-order valence-electron chi connectivity index (χ0n) is 12.3. The summed E-state index contributed by atoms with van der Waals surface area (Å²) in [7, 11) is 0. The Hall–Kier alpha value is -1.79. The smallest absolute Gasteiger partial charge is 0.271 e. The third-order valence-electron chi connectivity index (χ3n) is 3.55. The molecule has 3 rings (SSSR count). The van der Waals surface area contributed by atoms with Crippen LogP contribution in [-0.2, 0) is 0 Å². The van der Waals surface area contributed by atoms with E-state index in [1.165, 1.54) is 19.1 Å². The fraction of sp³-hybridized carbons (Fsp3) is 0.250. The highest BCUT2D eigenvalue weighted by Gasteiger charge is 2.19. The van der Waals surface area contributed by atoms with E-state index in [0.717, 1.165) is 23.4 Å². The normalized spacial score (nSPS) is 14.6. The van der Waals surface area contributed by atoms with Crippen LogP contribution in [0, 0.1) is 0 Å². The van der Waals surface area contributed by atoms with E-state index >= 15 is 0 Å². The summed E-state index contributed by atoms with van der Waals surface area (Å²) < 4.78 is 6.66. The first kappa shape index (κ1) is 16.1. The molecule has 1 amide bonds. The molecule has 1 aromatic carbocycles. The number of nitrogens with zero attached hydrogens (tertiary/aromatic N) is 2. The molecule has 0 spiro atoms. The van der Waals surface area contributed by atoms with Crippen LogP contribution in [-0.4, -0.2) is 25.2 Å². The van der Waals surface area contributed by atoms with Crippen molar-refractivity contribution in [2.75, 3.05) is 18.0 Å². The number of furan rings is 1. The van der Waals surface area contributed by atoms with Crippen LogP contribution >= 0.6 is 27.5 Å². The zero-order chi connectivity index (χ0) is 16.2. The van der Waals surface area contributed by atoms with E-state index in [0.29, 0.717) is 16.3 Å². The van der Waals surface area contributed by atoms with E-state index in [4.69, 9.17) is 16.0 Å². The molecule has 0 saturated carbocycles. The molecular formula is C16H15BrClN3O2. The second-order valence-corrected chi connectivity index (χ2v) is 6.49. The lowest BCUT2D eigenvalue weighted by Gasteiger charge is -2.13. The Morgan fingerprint density at radius 3 is 2.70 bits per heavy atom. The molecule has 1 aliphatic heterocycles. The number of carbonyl (C=O) groups is 1. The Balaban J connectivity index is 1.62. The molecule has 0 atom stereocenters. The molecule has 0 aliphatic carbocycles. The average molecular weight is 397 g/mol. The number of nitrogens with one attached hydrogen (secondary N) is 1. The number of hydrazone groups is 1. The van der Waals surface area contributed by atoms with Gasteiger partial charge in [-0.15, -0.1) is 0 Å². The van der Waals surface area contributed by atoms with E-state index in [-0.39, 0.29) is 5.91 Å². The molecule has 120 valence electrons. The monoisotopic (exact) mass is 395 g/mol. The topological polar surface area (TPSA) is 57.8 Å². The van der Waals surface area contributed by atoms with E-state index in [2.05, 4.69) is 31.4 Å². The van der Waals surface area contributed by atoms with Crippen LogP contribution in [0.5, 0.6) is 0 Å². The van der Waals surface area contributed by atoms with Gasteiger partial charge in [0, 0.05) is 29.7 Å². The van der Waals surface area contributed by atoms with Gasteiger partial charge < -0.3 is 9.32 Å². The lowest BCUT2D eigenvalue weighted by Crippen LogP contribution is -2.17. The maximum absolute atomic E-state index is 11.9. The van der Waals surface area contributed by atoms with Gasteiger partial charge in [-0.1, -0.05) is 11.6 Å². The quantitative estimate of drug-likeness (QED) is 0.626. The molecule has 0 unspecified atom stereocenters. The summed E-state index contributed by atoms with van der Waals surface area (Å²) in [6.07, 6.45) is 3.83.